The fourth-order valence-electron chi connectivity index (χ4n) is 3.26. The summed E-state index contributed by atoms with van der Waals surface area (Å²) in [6, 6.07) is 8.94. The van der Waals surface area contributed by atoms with Crippen molar-refractivity contribution in [1.82, 2.24) is 4.98 Å². The van der Waals surface area contributed by atoms with Gasteiger partial charge in [0.1, 0.15) is 0 Å². The van der Waals surface area contributed by atoms with Crippen LogP contribution >= 0.6 is 0 Å². The summed E-state index contributed by atoms with van der Waals surface area (Å²) in [5.74, 6) is -2.07. The molecule has 3 N–H and O–H groups in total. The van der Waals surface area contributed by atoms with Crippen LogP contribution in [0.25, 0.3) is 10.9 Å². The number of rotatable bonds is 11. The van der Waals surface area contributed by atoms with Crippen molar-refractivity contribution in [3.05, 3.63) is 46.2 Å². The maximum Gasteiger partial charge on any atom is 0.257 e. The number of aromatic nitrogens is 1. The average molecular weight is 345 g/mol. The Morgan fingerprint density at radius 2 is 1.52 bits per heavy atom. The Kier molecular flexibility index (Phi) is 7.66. The van der Waals surface area contributed by atoms with E-state index >= 15 is 0 Å². The van der Waals surface area contributed by atoms with E-state index in [1.54, 1.807) is 12.1 Å². The smallest absolute Gasteiger partial charge is 0.257 e. The van der Waals surface area contributed by atoms with E-state index in [1.807, 2.05) is 18.2 Å². The summed E-state index contributed by atoms with van der Waals surface area (Å²) in [6.45, 7) is 2.22. The van der Waals surface area contributed by atoms with Crippen molar-refractivity contribution in [3.8, 4) is 0 Å². The van der Waals surface area contributed by atoms with Gasteiger partial charge in [-0.2, -0.15) is 0 Å². The molecule has 1 heterocycles. The first-order valence-electron chi connectivity index (χ1n) is 9.62. The lowest BCUT2D eigenvalue weighted by molar-refractivity contribution is -0.176. The Morgan fingerprint density at radius 3 is 2.20 bits per heavy atom. The molecule has 138 valence electrons. The molecule has 0 aliphatic carbocycles. The van der Waals surface area contributed by atoms with Crippen LogP contribution in [0.5, 0.6) is 0 Å². The van der Waals surface area contributed by atoms with Crippen molar-refractivity contribution in [2.24, 2.45) is 0 Å². The number of fused-ring (bicyclic) bond motifs is 1. The van der Waals surface area contributed by atoms with Gasteiger partial charge in [-0.15, -0.1) is 0 Å². The van der Waals surface area contributed by atoms with Crippen LogP contribution in [0.3, 0.4) is 0 Å². The largest absolute Gasteiger partial charge is 0.362 e. The highest BCUT2D eigenvalue weighted by molar-refractivity contribution is 5.78. The normalized spacial score (nSPS) is 12.0. The monoisotopic (exact) mass is 345 g/mol. The summed E-state index contributed by atoms with van der Waals surface area (Å²) in [4.78, 5) is 14.9. The Labute approximate surface area is 149 Å². The second-order valence-corrected chi connectivity index (χ2v) is 6.99. The van der Waals surface area contributed by atoms with Crippen LogP contribution in [-0.2, 0) is 5.79 Å². The highest BCUT2D eigenvalue weighted by Crippen LogP contribution is 2.24. The minimum atomic E-state index is -2.07. The molecule has 0 saturated carbocycles. The molecule has 0 radical (unpaired) electrons. The molecule has 0 bridgehead atoms. The zero-order chi connectivity index (χ0) is 18.1. The molecule has 25 heavy (non-hydrogen) atoms. The van der Waals surface area contributed by atoms with Gasteiger partial charge < -0.3 is 15.2 Å². The lowest BCUT2D eigenvalue weighted by Gasteiger charge is -2.21. The van der Waals surface area contributed by atoms with E-state index in [1.165, 1.54) is 38.5 Å². The van der Waals surface area contributed by atoms with Crippen LogP contribution in [0.4, 0.5) is 0 Å². The molecule has 0 atom stereocenters. The molecule has 0 fully saturated rings. The third kappa shape index (κ3) is 5.98. The van der Waals surface area contributed by atoms with Crippen molar-refractivity contribution in [1.29, 1.82) is 0 Å². The first kappa shape index (κ1) is 19.7. The van der Waals surface area contributed by atoms with Crippen LogP contribution in [0.15, 0.2) is 35.1 Å². The lowest BCUT2D eigenvalue weighted by Crippen LogP contribution is -2.32. The SMILES string of the molecule is CCCCCCCCCCCC(O)(O)c1cc2ccccc2[nH]c1=O. The van der Waals surface area contributed by atoms with Gasteiger partial charge in [0.25, 0.3) is 5.56 Å². The van der Waals surface area contributed by atoms with Gasteiger partial charge in [0.05, 0.1) is 5.56 Å². The van der Waals surface area contributed by atoms with Crippen LogP contribution in [0.1, 0.15) is 76.7 Å². The van der Waals surface area contributed by atoms with Crippen molar-refractivity contribution in [2.45, 2.75) is 76.9 Å². The zero-order valence-electron chi connectivity index (χ0n) is 15.3. The predicted molar refractivity (Wildman–Crippen MR) is 103 cm³/mol. The van der Waals surface area contributed by atoms with Gasteiger partial charge >= 0.3 is 0 Å². The summed E-state index contributed by atoms with van der Waals surface area (Å²) >= 11 is 0. The number of hydrogen-bond acceptors (Lipinski definition) is 3. The quantitative estimate of drug-likeness (QED) is 0.412. The number of para-hydroxylation sites is 1. The molecule has 2 rings (SSSR count). The van der Waals surface area contributed by atoms with Crippen molar-refractivity contribution >= 4 is 10.9 Å². The molecule has 0 spiro atoms. The Balaban J connectivity index is 1.81. The summed E-state index contributed by atoms with van der Waals surface area (Å²) in [5, 5.41) is 21.5. The topological polar surface area (TPSA) is 73.3 Å². The van der Waals surface area contributed by atoms with E-state index in [0.29, 0.717) is 11.9 Å². The van der Waals surface area contributed by atoms with E-state index in [-0.39, 0.29) is 12.0 Å². The highest BCUT2D eigenvalue weighted by Gasteiger charge is 2.28. The molecule has 0 amide bonds. The second kappa shape index (κ2) is 9.73. The van der Waals surface area contributed by atoms with Crippen molar-refractivity contribution < 1.29 is 10.2 Å². The third-order valence-electron chi connectivity index (χ3n) is 4.81. The lowest BCUT2D eigenvalue weighted by atomic mass is 9.98. The predicted octanol–water partition coefficient (Wildman–Crippen LogP) is 4.59. The van der Waals surface area contributed by atoms with E-state index in [2.05, 4.69) is 11.9 Å². The summed E-state index contributed by atoms with van der Waals surface area (Å²) in [5.41, 5.74) is 0.306. The van der Waals surface area contributed by atoms with E-state index < -0.39 is 11.3 Å². The molecule has 1 aromatic heterocycles. The maximum absolute atomic E-state index is 12.2. The van der Waals surface area contributed by atoms with Crippen LogP contribution in [0.2, 0.25) is 0 Å². The standard InChI is InChI=1S/C21H31NO3/c1-2-3-4-5-6-7-8-9-12-15-21(24,25)18-16-17-13-10-11-14-19(17)22-20(18)23/h10-11,13-14,16,24-25H,2-9,12,15H2,1H3,(H,22,23). The zero-order valence-corrected chi connectivity index (χ0v) is 15.3. The van der Waals surface area contributed by atoms with Gasteiger partial charge in [0.15, 0.2) is 5.79 Å². The average Bonchev–Trinajstić information content (AvgIpc) is 2.59. The minimum absolute atomic E-state index is 0.0331. The number of aromatic amines is 1. The molecule has 1 aromatic carbocycles. The van der Waals surface area contributed by atoms with Crippen LogP contribution in [-0.4, -0.2) is 15.2 Å². The number of hydrogen-bond donors (Lipinski definition) is 3. The summed E-state index contributed by atoms with van der Waals surface area (Å²) in [6.07, 6.45) is 10.6. The number of aliphatic hydroxyl groups is 2. The molecule has 4 nitrogen and oxygen atoms in total. The Bertz CT molecular complexity index is 706. The van der Waals surface area contributed by atoms with Gasteiger partial charge in [-0.3, -0.25) is 4.79 Å². The number of benzene rings is 1. The van der Waals surface area contributed by atoms with E-state index in [0.717, 1.165) is 18.2 Å². The molecule has 2 aromatic rings. The number of nitrogens with one attached hydrogen (secondary N) is 1. The molecule has 0 unspecified atom stereocenters. The molecule has 0 aliphatic rings. The molecule has 4 heteroatoms. The molecular weight excluding hydrogens is 314 g/mol. The summed E-state index contributed by atoms with van der Waals surface area (Å²) < 4.78 is 0. The number of pyridine rings is 1. The third-order valence-corrected chi connectivity index (χ3v) is 4.81. The van der Waals surface area contributed by atoms with E-state index in [4.69, 9.17) is 0 Å². The number of H-pyrrole nitrogens is 1. The van der Waals surface area contributed by atoms with Gasteiger partial charge in [-0.05, 0) is 23.9 Å². The van der Waals surface area contributed by atoms with Crippen LogP contribution in [0, 0.1) is 0 Å². The second-order valence-electron chi connectivity index (χ2n) is 6.99. The first-order valence-corrected chi connectivity index (χ1v) is 9.62. The van der Waals surface area contributed by atoms with Gasteiger partial charge in [-0.25, -0.2) is 0 Å². The fraction of sp³-hybridized carbons (Fsp3) is 0.571. The van der Waals surface area contributed by atoms with Crippen molar-refractivity contribution in [3.63, 3.8) is 0 Å². The minimum Gasteiger partial charge on any atom is -0.362 e. The van der Waals surface area contributed by atoms with Gasteiger partial charge in [0.2, 0.25) is 0 Å². The first-order chi connectivity index (χ1) is 12.0. The molecule has 0 saturated heterocycles. The summed E-state index contributed by atoms with van der Waals surface area (Å²) in [7, 11) is 0. The van der Waals surface area contributed by atoms with Gasteiger partial charge in [0, 0.05) is 11.9 Å². The van der Waals surface area contributed by atoms with Gasteiger partial charge in [-0.1, -0.05) is 76.5 Å². The molecule has 0 aliphatic heterocycles. The molecular formula is C21H31NO3. The van der Waals surface area contributed by atoms with Crippen molar-refractivity contribution in [2.75, 3.05) is 0 Å². The number of unbranched alkanes of at least 4 members (excludes halogenated alkanes) is 8. The Hall–Kier alpha value is -1.65. The highest BCUT2D eigenvalue weighted by atomic mass is 16.5. The fourth-order valence-corrected chi connectivity index (χ4v) is 3.26. The Morgan fingerprint density at radius 1 is 0.920 bits per heavy atom. The maximum atomic E-state index is 12.2. The van der Waals surface area contributed by atoms with Crippen LogP contribution < -0.4 is 5.56 Å². The van der Waals surface area contributed by atoms with E-state index in [9.17, 15) is 15.0 Å².